The number of carbonyl (C=O) groups is 3. The Kier molecular flexibility index (Phi) is 7.37. The number of thiazole rings is 1. The van der Waals surface area contributed by atoms with Gasteiger partial charge in [0.25, 0.3) is 0 Å². The first-order valence-corrected chi connectivity index (χ1v) is 16.6. The van der Waals surface area contributed by atoms with Gasteiger partial charge >= 0.3 is 4.87 Å². The molecule has 4 aromatic carbocycles. The van der Waals surface area contributed by atoms with Gasteiger partial charge in [0.05, 0.1) is 16.6 Å². The van der Waals surface area contributed by atoms with Gasteiger partial charge in [-0.1, -0.05) is 97.4 Å². The largest absolute Gasteiger partial charge is 0.325 e. The van der Waals surface area contributed by atoms with Crippen molar-refractivity contribution in [3.05, 3.63) is 120 Å². The highest BCUT2D eigenvalue weighted by molar-refractivity contribution is 9.10. The van der Waals surface area contributed by atoms with Crippen LogP contribution in [0.5, 0.6) is 0 Å². The number of imide groups is 1. The third kappa shape index (κ3) is 5.08. The lowest BCUT2D eigenvalue weighted by molar-refractivity contribution is -0.122. The lowest BCUT2D eigenvalue weighted by Gasteiger charge is -2.30. The van der Waals surface area contributed by atoms with Crippen LogP contribution in [-0.2, 0) is 20.9 Å². The summed E-state index contributed by atoms with van der Waals surface area (Å²) in [5.74, 6) is -2.21. The molecule has 1 fully saturated rings. The van der Waals surface area contributed by atoms with Gasteiger partial charge in [0.15, 0.2) is 0 Å². The fourth-order valence-corrected chi connectivity index (χ4v) is 9.04. The second kappa shape index (κ2) is 11.2. The Labute approximate surface area is 271 Å². The molecule has 3 amide bonds. The molecule has 214 valence electrons. The number of carbonyl (C=O) groups excluding carboxylic acids is 3. The number of fused-ring (bicyclic) bond motifs is 3. The zero-order valence-electron chi connectivity index (χ0n) is 22.2. The number of aromatic nitrogens is 1. The maximum Gasteiger partial charge on any atom is 0.308 e. The Morgan fingerprint density at radius 2 is 1.49 bits per heavy atom. The Hall–Kier alpha value is -3.51. The number of rotatable bonds is 5. The van der Waals surface area contributed by atoms with Crippen molar-refractivity contribution in [2.45, 2.75) is 22.7 Å². The molecule has 0 saturated carbocycles. The van der Waals surface area contributed by atoms with E-state index in [1.54, 1.807) is 24.3 Å². The Balaban J connectivity index is 1.26. The predicted molar refractivity (Wildman–Crippen MR) is 177 cm³/mol. The van der Waals surface area contributed by atoms with Crippen LogP contribution in [0.4, 0.5) is 11.4 Å². The number of nitrogens with zero attached hydrogens (tertiary/aromatic N) is 2. The van der Waals surface area contributed by atoms with Crippen LogP contribution in [0.2, 0.25) is 0 Å². The lowest BCUT2D eigenvalue weighted by Crippen LogP contribution is -2.33. The summed E-state index contributed by atoms with van der Waals surface area (Å²) < 4.78 is 3.14. The van der Waals surface area contributed by atoms with Gasteiger partial charge < -0.3 is 5.32 Å². The fourth-order valence-electron chi connectivity index (χ4n) is 5.74. The van der Waals surface area contributed by atoms with Crippen molar-refractivity contribution < 1.29 is 14.4 Å². The Morgan fingerprint density at radius 3 is 2.21 bits per heavy atom. The summed E-state index contributed by atoms with van der Waals surface area (Å²) in [6.45, 7) is -0.215. The molecule has 43 heavy (non-hydrogen) atoms. The molecule has 3 heterocycles. The zero-order valence-corrected chi connectivity index (χ0v) is 27.0. The van der Waals surface area contributed by atoms with Crippen molar-refractivity contribution in [3.63, 3.8) is 0 Å². The smallest absolute Gasteiger partial charge is 0.308 e. The van der Waals surface area contributed by atoms with Crippen LogP contribution in [0.3, 0.4) is 0 Å². The normalized spacial score (nSPS) is 19.4. The van der Waals surface area contributed by atoms with E-state index in [4.69, 9.17) is 0 Å². The van der Waals surface area contributed by atoms with Crippen molar-refractivity contribution >= 4 is 94.8 Å². The number of hydrogen-bond donors (Lipinski definition) is 1. The van der Waals surface area contributed by atoms with E-state index in [0.29, 0.717) is 21.3 Å². The molecule has 11 heteroatoms. The average Bonchev–Trinajstić information content (AvgIpc) is 3.44. The molecule has 1 N–H and O–H groups in total. The second-order valence-corrected chi connectivity index (χ2v) is 14.3. The van der Waals surface area contributed by atoms with E-state index in [0.717, 1.165) is 36.6 Å². The van der Waals surface area contributed by atoms with E-state index in [1.807, 2.05) is 66.7 Å². The lowest BCUT2D eigenvalue weighted by atomic mass is 9.83. The van der Waals surface area contributed by atoms with Gasteiger partial charge in [-0.25, -0.2) is 4.90 Å². The minimum atomic E-state index is -0.749. The van der Waals surface area contributed by atoms with Gasteiger partial charge in [-0.3, -0.25) is 23.7 Å². The quantitative estimate of drug-likeness (QED) is 0.196. The van der Waals surface area contributed by atoms with E-state index in [-0.39, 0.29) is 29.1 Å². The van der Waals surface area contributed by atoms with E-state index in [2.05, 4.69) is 37.2 Å². The minimum Gasteiger partial charge on any atom is -0.325 e. The van der Waals surface area contributed by atoms with Crippen LogP contribution < -0.4 is 15.1 Å². The summed E-state index contributed by atoms with van der Waals surface area (Å²) in [5, 5.41) is 4.76. The average molecular weight is 735 g/mol. The highest BCUT2D eigenvalue weighted by atomic mass is 79.9. The second-order valence-electron chi connectivity index (χ2n) is 10.3. The van der Waals surface area contributed by atoms with Crippen molar-refractivity contribution in [3.8, 4) is 0 Å². The summed E-state index contributed by atoms with van der Waals surface area (Å²) in [5.41, 5.74) is 1.95. The summed E-state index contributed by atoms with van der Waals surface area (Å²) in [6.07, 6.45) is 0. The SMILES string of the molecule is O=C(Cn1c2c(sc1=O)[C@@H](c1ccc(Br)cc1)[C@@H]1C(=O)N(c3ccc(Br)cc3)C(=O)[C@@H]1S2)Nc1ccc2ccccc2c1. The number of nitrogens with one attached hydrogen (secondary N) is 1. The van der Waals surface area contributed by atoms with Crippen LogP contribution in [0.1, 0.15) is 16.4 Å². The molecule has 0 radical (unpaired) electrons. The molecular formula is C32H21Br2N3O4S2. The van der Waals surface area contributed by atoms with Crippen molar-refractivity contribution in [2.75, 3.05) is 10.2 Å². The van der Waals surface area contributed by atoms with Gasteiger partial charge in [-0.2, -0.15) is 0 Å². The monoisotopic (exact) mass is 733 g/mol. The first-order chi connectivity index (χ1) is 20.8. The molecule has 7 rings (SSSR count). The van der Waals surface area contributed by atoms with Crippen molar-refractivity contribution in [2.24, 2.45) is 5.92 Å². The van der Waals surface area contributed by atoms with Gasteiger partial charge in [-0.15, -0.1) is 0 Å². The number of benzene rings is 4. The summed E-state index contributed by atoms with van der Waals surface area (Å²) >= 11 is 9.12. The van der Waals surface area contributed by atoms with Crippen molar-refractivity contribution in [1.29, 1.82) is 0 Å². The highest BCUT2D eigenvalue weighted by Crippen LogP contribution is 2.54. The molecular weight excluding hydrogens is 714 g/mol. The molecule has 1 aromatic heterocycles. The van der Waals surface area contributed by atoms with Crippen LogP contribution in [0.15, 0.2) is 110 Å². The van der Waals surface area contributed by atoms with Crippen LogP contribution in [0, 0.1) is 5.92 Å². The first kappa shape index (κ1) is 28.3. The van der Waals surface area contributed by atoms with E-state index in [1.165, 1.54) is 21.2 Å². The first-order valence-electron chi connectivity index (χ1n) is 13.4. The summed E-state index contributed by atoms with van der Waals surface area (Å²) in [6, 6.07) is 28.2. The molecule has 7 nitrogen and oxygen atoms in total. The zero-order chi connectivity index (χ0) is 29.8. The van der Waals surface area contributed by atoms with Crippen LogP contribution >= 0.6 is 55.0 Å². The molecule has 3 atom stereocenters. The molecule has 0 spiro atoms. The highest BCUT2D eigenvalue weighted by Gasteiger charge is 2.56. The summed E-state index contributed by atoms with van der Waals surface area (Å²) in [4.78, 5) is 56.1. The standard InChI is InChI=1S/C32H21Br2N3O4S2/c33-20-8-5-18(6-9-20)25-26-27(30(40)37(29(26)39)23-13-10-21(34)11-14-23)42-31-28(25)43-32(41)36(31)16-24(38)35-22-12-7-17-3-1-2-4-19(17)15-22/h1-15,25-27H,16H2,(H,35,38)/t25-,26-,27+/m0/s1. The fraction of sp³-hybridized carbons (Fsp3) is 0.125. The maximum absolute atomic E-state index is 14.0. The van der Waals surface area contributed by atoms with Crippen LogP contribution in [-0.4, -0.2) is 27.5 Å². The van der Waals surface area contributed by atoms with E-state index < -0.39 is 17.1 Å². The number of amides is 3. The van der Waals surface area contributed by atoms with Gasteiger partial charge in [-0.05, 0) is 64.9 Å². The Bertz CT molecular complexity index is 1990. The number of thioether (sulfide) groups is 1. The predicted octanol–water partition coefficient (Wildman–Crippen LogP) is 7.02. The van der Waals surface area contributed by atoms with E-state index in [9.17, 15) is 19.2 Å². The Morgan fingerprint density at radius 1 is 0.814 bits per heavy atom. The molecule has 5 aromatic rings. The molecule has 0 bridgehead atoms. The van der Waals surface area contributed by atoms with Gasteiger partial charge in [0, 0.05) is 25.4 Å². The third-order valence-corrected chi connectivity index (χ3v) is 11.4. The summed E-state index contributed by atoms with van der Waals surface area (Å²) in [7, 11) is 0. The van der Waals surface area contributed by atoms with Gasteiger partial charge in [0.1, 0.15) is 11.8 Å². The topological polar surface area (TPSA) is 88.5 Å². The van der Waals surface area contributed by atoms with Crippen LogP contribution in [0.25, 0.3) is 10.8 Å². The minimum absolute atomic E-state index is 0.215. The number of hydrogen-bond acceptors (Lipinski definition) is 6. The molecule has 0 unspecified atom stereocenters. The molecule has 2 aliphatic heterocycles. The van der Waals surface area contributed by atoms with Gasteiger partial charge in [0.2, 0.25) is 17.7 Å². The third-order valence-electron chi connectivity index (χ3n) is 7.70. The number of anilines is 2. The van der Waals surface area contributed by atoms with Crippen molar-refractivity contribution in [1.82, 2.24) is 4.57 Å². The molecule has 2 aliphatic rings. The maximum atomic E-state index is 14.0. The van der Waals surface area contributed by atoms with E-state index >= 15 is 0 Å². The molecule has 0 aliphatic carbocycles. The molecule has 1 saturated heterocycles. The number of halogens is 2.